The van der Waals surface area contributed by atoms with Gasteiger partial charge in [-0.15, -0.1) is 0 Å². The number of nitriles is 1. The van der Waals surface area contributed by atoms with Gasteiger partial charge >= 0.3 is 5.97 Å². The van der Waals surface area contributed by atoms with E-state index in [9.17, 15) is 9.59 Å². The Morgan fingerprint density at radius 1 is 1.53 bits per heavy atom. The topological polar surface area (TPSA) is 103 Å². The second-order valence-electron chi connectivity index (χ2n) is 4.39. The van der Waals surface area contributed by atoms with Gasteiger partial charge in [-0.1, -0.05) is 6.92 Å². The highest BCUT2D eigenvalue weighted by atomic mass is 16.4. The molecule has 0 aliphatic heterocycles. The van der Waals surface area contributed by atoms with E-state index in [1.165, 1.54) is 19.1 Å². The molecule has 100 valence electrons. The summed E-state index contributed by atoms with van der Waals surface area (Å²) in [5.41, 5.74) is -0.422. The van der Waals surface area contributed by atoms with Crippen LogP contribution in [-0.2, 0) is 4.79 Å². The van der Waals surface area contributed by atoms with E-state index < -0.39 is 17.4 Å². The normalized spacial score (nSPS) is 13.2. The van der Waals surface area contributed by atoms with Gasteiger partial charge in [0.2, 0.25) is 0 Å². The second kappa shape index (κ2) is 5.48. The quantitative estimate of drug-likeness (QED) is 0.848. The highest BCUT2D eigenvalue weighted by Crippen LogP contribution is 2.11. The number of carboxylic acid groups (broad SMARTS) is 1. The molecule has 2 N–H and O–H groups in total. The Kier molecular flexibility index (Phi) is 4.22. The summed E-state index contributed by atoms with van der Waals surface area (Å²) in [6.45, 7) is 4.72. The molecule has 0 fully saturated rings. The predicted octanol–water partition coefficient (Wildman–Crippen LogP) is 1.24. The molecule has 0 aromatic carbocycles. The lowest BCUT2D eigenvalue weighted by Gasteiger charge is -2.24. The number of pyridine rings is 1. The van der Waals surface area contributed by atoms with Gasteiger partial charge in [0.1, 0.15) is 17.3 Å². The minimum atomic E-state index is -1.33. The number of aryl methyl sites for hydroxylation is 1. The number of carbonyl (C=O) groups excluding carboxylic acids is 1. The van der Waals surface area contributed by atoms with E-state index in [0.717, 1.165) is 0 Å². The van der Waals surface area contributed by atoms with Gasteiger partial charge in [-0.25, -0.2) is 9.78 Å². The number of carbonyl (C=O) groups is 2. The van der Waals surface area contributed by atoms with Gasteiger partial charge in [-0.3, -0.25) is 4.79 Å². The van der Waals surface area contributed by atoms with Crippen molar-refractivity contribution in [2.75, 3.05) is 0 Å². The molecule has 1 amide bonds. The van der Waals surface area contributed by atoms with E-state index in [1.807, 2.05) is 6.07 Å². The average Bonchev–Trinajstić information content (AvgIpc) is 2.38. The maximum Gasteiger partial charge on any atom is 0.329 e. The summed E-state index contributed by atoms with van der Waals surface area (Å²) in [5, 5.41) is 20.3. The number of hydrogen-bond acceptors (Lipinski definition) is 4. The molecule has 6 nitrogen and oxygen atoms in total. The monoisotopic (exact) mass is 261 g/mol. The largest absolute Gasteiger partial charge is 0.480 e. The van der Waals surface area contributed by atoms with E-state index in [4.69, 9.17) is 10.4 Å². The van der Waals surface area contributed by atoms with Crippen molar-refractivity contribution < 1.29 is 14.7 Å². The summed E-state index contributed by atoms with van der Waals surface area (Å²) in [6.07, 6.45) is 0.253. The van der Waals surface area contributed by atoms with Crippen LogP contribution in [0.1, 0.15) is 42.0 Å². The van der Waals surface area contributed by atoms with Crippen LogP contribution in [0.5, 0.6) is 0 Å². The Balaban J connectivity index is 2.99. The van der Waals surface area contributed by atoms with Crippen LogP contribution in [-0.4, -0.2) is 27.5 Å². The van der Waals surface area contributed by atoms with Gasteiger partial charge in [0.25, 0.3) is 5.91 Å². The summed E-state index contributed by atoms with van der Waals surface area (Å²) in [7, 11) is 0. The Bertz CT molecular complexity index is 563. The van der Waals surface area contributed by atoms with Crippen LogP contribution >= 0.6 is 0 Å². The number of rotatable bonds is 4. The molecule has 1 atom stereocenters. The van der Waals surface area contributed by atoms with Crippen molar-refractivity contribution in [2.45, 2.75) is 32.7 Å². The minimum absolute atomic E-state index is 0.0948. The first kappa shape index (κ1) is 14.6. The van der Waals surface area contributed by atoms with E-state index in [1.54, 1.807) is 13.8 Å². The van der Waals surface area contributed by atoms with E-state index in [0.29, 0.717) is 11.3 Å². The molecule has 1 rings (SSSR count). The third-order valence-electron chi connectivity index (χ3n) is 3.01. The number of nitrogens with zero attached hydrogens (tertiary/aromatic N) is 2. The zero-order valence-corrected chi connectivity index (χ0v) is 11.0. The van der Waals surface area contributed by atoms with Crippen LogP contribution in [0.25, 0.3) is 0 Å². The van der Waals surface area contributed by atoms with Crippen LogP contribution in [0, 0.1) is 18.3 Å². The van der Waals surface area contributed by atoms with Crippen molar-refractivity contribution in [2.24, 2.45) is 0 Å². The van der Waals surface area contributed by atoms with Crippen LogP contribution in [0.2, 0.25) is 0 Å². The Morgan fingerprint density at radius 2 is 2.16 bits per heavy atom. The molecule has 0 bridgehead atoms. The zero-order chi connectivity index (χ0) is 14.6. The predicted molar refractivity (Wildman–Crippen MR) is 67.5 cm³/mol. The lowest BCUT2D eigenvalue weighted by molar-refractivity contribution is -0.143. The van der Waals surface area contributed by atoms with Gasteiger partial charge in [-0.05, 0) is 32.4 Å². The number of aliphatic carboxylic acids is 1. The molecule has 1 heterocycles. The molecule has 1 aromatic heterocycles. The molecule has 0 spiro atoms. The van der Waals surface area contributed by atoms with Gasteiger partial charge in [0.05, 0.1) is 11.3 Å². The Morgan fingerprint density at radius 3 is 2.58 bits per heavy atom. The van der Waals surface area contributed by atoms with Crippen LogP contribution in [0.4, 0.5) is 0 Å². The fourth-order valence-corrected chi connectivity index (χ4v) is 1.41. The standard InChI is InChI=1S/C13H15N3O3/c1-4-13(3,12(18)19)16-11(17)10-6-5-9(7-14)8(2)15-10/h5-6H,4H2,1-3H3,(H,16,17)(H,18,19). The first-order valence-electron chi connectivity index (χ1n) is 5.77. The highest BCUT2D eigenvalue weighted by molar-refractivity contribution is 5.96. The number of hydrogen-bond donors (Lipinski definition) is 2. The number of carboxylic acids is 1. The summed E-state index contributed by atoms with van der Waals surface area (Å²) in [4.78, 5) is 27.1. The molecule has 1 aromatic rings. The van der Waals surface area contributed by atoms with Crippen LogP contribution < -0.4 is 5.32 Å². The van der Waals surface area contributed by atoms with Crippen LogP contribution in [0.3, 0.4) is 0 Å². The first-order chi connectivity index (χ1) is 8.84. The number of nitrogens with one attached hydrogen (secondary N) is 1. The van der Waals surface area contributed by atoms with Crippen molar-refractivity contribution in [3.8, 4) is 6.07 Å². The zero-order valence-electron chi connectivity index (χ0n) is 11.0. The van der Waals surface area contributed by atoms with Gasteiger partial charge in [0, 0.05) is 0 Å². The van der Waals surface area contributed by atoms with Crippen molar-refractivity contribution in [3.63, 3.8) is 0 Å². The highest BCUT2D eigenvalue weighted by Gasteiger charge is 2.33. The fraction of sp³-hybridized carbons (Fsp3) is 0.385. The van der Waals surface area contributed by atoms with E-state index in [2.05, 4.69) is 10.3 Å². The van der Waals surface area contributed by atoms with Gasteiger partial charge < -0.3 is 10.4 Å². The molecule has 1 unspecified atom stereocenters. The third-order valence-corrected chi connectivity index (χ3v) is 3.01. The molecule has 0 saturated heterocycles. The SMILES string of the molecule is CCC(C)(NC(=O)c1ccc(C#N)c(C)n1)C(=O)O. The van der Waals surface area contributed by atoms with Gasteiger partial charge in [0.15, 0.2) is 0 Å². The summed E-state index contributed by atoms with van der Waals surface area (Å²) in [5.74, 6) is -1.67. The maximum atomic E-state index is 12.0. The Labute approximate surface area is 111 Å². The molecular formula is C13H15N3O3. The smallest absolute Gasteiger partial charge is 0.329 e. The van der Waals surface area contributed by atoms with Crippen molar-refractivity contribution >= 4 is 11.9 Å². The van der Waals surface area contributed by atoms with Crippen molar-refractivity contribution in [1.82, 2.24) is 10.3 Å². The van der Waals surface area contributed by atoms with Crippen LogP contribution in [0.15, 0.2) is 12.1 Å². The maximum absolute atomic E-state index is 12.0. The summed E-state index contributed by atoms with van der Waals surface area (Å²) >= 11 is 0. The molecular weight excluding hydrogens is 246 g/mol. The second-order valence-corrected chi connectivity index (χ2v) is 4.39. The third kappa shape index (κ3) is 3.07. The number of amides is 1. The molecule has 0 saturated carbocycles. The van der Waals surface area contributed by atoms with Gasteiger partial charge in [-0.2, -0.15) is 5.26 Å². The molecule has 0 aliphatic carbocycles. The van der Waals surface area contributed by atoms with E-state index >= 15 is 0 Å². The van der Waals surface area contributed by atoms with Crippen molar-refractivity contribution in [1.29, 1.82) is 5.26 Å². The molecule has 0 radical (unpaired) electrons. The molecule has 19 heavy (non-hydrogen) atoms. The average molecular weight is 261 g/mol. The number of aromatic nitrogens is 1. The molecule has 0 aliphatic rings. The fourth-order valence-electron chi connectivity index (χ4n) is 1.41. The Hall–Kier alpha value is -2.42. The van der Waals surface area contributed by atoms with Crippen molar-refractivity contribution in [3.05, 3.63) is 29.1 Å². The summed E-state index contributed by atoms with van der Waals surface area (Å²) < 4.78 is 0. The minimum Gasteiger partial charge on any atom is -0.480 e. The lowest BCUT2D eigenvalue weighted by Crippen LogP contribution is -2.51. The van der Waals surface area contributed by atoms with E-state index in [-0.39, 0.29) is 12.1 Å². The summed E-state index contributed by atoms with van der Waals surface area (Å²) in [6, 6.07) is 4.84. The lowest BCUT2D eigenvalue weighted by atomic mass is 9.99. The first-order valence-corrected chi connectivity index (χ1v) is 5.77. The molecule has 6 heteroatoms.